The summed E-state index contributed by atoms with van der Waals surface area (Å²) in [5.41, 5.74) is 2.22. The number of rotatable bonds is 5. The fourth-order valence-electron chi connectivity index (χ4n) is 1.83. The number of halogens is 2. The predicted molar refractivity (Wildman–Crippen MR) is 76.5 cm³/mol. The second-order valence-corrected chi connectivity index (χ2v) is 4.46. The predicted octanol–water partition coefficient (Wildman–Crippen LogP) is 4.02. The molecule has 0 heterocycles. The number of carbonyl (C=O) groups excluding carboxylic acids is 1. The van der Waals surface area contributed by atoms with Crippen LogP contribution < -0.4 is 5.32 Å². The van der Waals surface area contributed by atoms with E-state index in [2.05, 4.69) is 10.1 Å². The normalized spacial score (nSPS) is 10.5. The van der Waals surface area contributed by atoms with Crippen molar-refractivity contribution in [1.82, 2.24) is 0 Å². The van der Waals surface area contributed by atoms with Crippen LogP contribution >= 0.6 is 0 Å². The molecule has 0 amide bonds. The molecule has 5 heteroatoms. The summed E-state index contributed by atoms with van der Waals surface area (Å²) in [6, 6.07) is 13.0. The Bertz CT molecular complexity index is 595. The Labute approximate surface area is 121 Å². The lowest BCUT2D eigenvalue weighted by atomic mass is 10.1. The number of hydrogen-bond donors (Lipinski definition) is 1. The first kappa shape index (κ1) is 15.0. The molecule has 0 spiro atoms. The Hall–Kier alpha value is -2.43. The van der Waals surface area contributed by atoms with Crippen LogP contribution in [0.25, 0.3) is 0 Å². The quantitative estimate of drug-likeness (QED) is 0.845. The minimum absolute atomic E-state index is 0.0150. The van der Waals surface area contributed by atoms with Crippen molar-refractivity contribution in [2.24, 2.45) is 0 Å². The van der Waals surface area contributed by atoms with Crippen molar-refractivity contribution in [1.29, 1.82) is 0 Å². The maximum Gasteiger partial charge on any atom is 0.337 e. The average molecular weight is 291 g/mol. The largest absolute Gasteiger partial charge is 0.465 e. The molecule has 0 fully saturated rings. The van der Waals surface area contributed by atoms with E-state index >= 15 is 0 Å². The molecule has 0 saturated heterocycles. The molecule has 3 nitrogen and oxygen atoms in total. The lowest BCUT2D eigenvalue weighted by Crippen LogP contribution is -2.02. The third-order valence-corrected chi connectivity index (χ3v) is 3.03. The van der Waals surface area contributed by atoms with E-state index in [1.165, 1.54) is 19.2 Å². The van der Waals surface area contributed by atoms with E-state index in [0.717, 1.165) is 11.3 Å². The third kappa shape index (κ3) is 4.02. The van der Waals surface area contributed by atoms with Crippen molar-refractivity contribution >= 4 is 11.7 Å². The van der Waals surface area contributed by atoms with Gasteiger partial charge in [-0.05, 0) is 29.8 Å². The summed E-state index contributed by atoms with van der Waals surface area (Å²) in [7, 11) is 1.33. The van der Waals surface area contributed by atoms with Gasteiger partial charge in [0.1, 0.15) is 0 Å². The summed E-state index contributed by atoms with van der Waals surface area (Å²) < 4.78 is 29.5. The molecule has 2 rings (SSSR count). The Morgan fingerprint density at radius 2 is 1.71 bits per heavy atom. The second-order valence-electron chi connectivity index (χ2n) is 4.46. The number of methoxy groups -OCH3 is 1. The topological polar surface area (TPSA) is 38.3 Å². The summed E-state index contributed by atoms with van der Waals surface area (Å²) in [6.07, 6.45) is -2.45. The zero-order chi connectivity index (χ0) is 15.2. The standard InChI is InChI=1S/C16H15F2NO2/c1-21-16(20)13-6-8-14(9-7-13)19-10-11-2-4-12(5-3-11)15(17)18/h2-9,15,19H,10H2,1H3. The van der Waals surface area contributed by atoms with E-state index in [4.69, 9.17) is 0 Å². The molecule has 0 aromatic heterocycles. The van der Waals surface area contributed by atoms with Gasteiger partial charge in [-0.3, -0.25) is 0 Å². The molecule has 21 heavy (non-hydrogen) atoms. The fraction of sp³-hybridized carbons (Fsp3) is 0.188. The molecular weight excluding hydrogens is 276 g/mol. The van der Waals surface area contributed by atoms with Crippen LogP contribution in [-0.4, -0.2) is 13.1 Å². The highest BCUT2D eigenvalue weighted by Crippen LogP contribution is 2.19. The Balaban J connectivity index is 1.95. The Morgan fingerprint density at radius 1 is 1.10 bits per heavy atom. The van der Waals surface area contributed by atoms with Gasteiger partial charge in [0.15, 0.2) is 0 Å². The van der Waals surface area contributed by atoms with Gasteiger partial charge in [0.05, 0.1) is 12.7 Å². The van der Waals surface area contributed by atoms with Gasteiger partial charge in [-0.25, -0.2) is 13.6 Å². The van der Waals surface area contributed by atoms with Crippen molar-refractivity contribution in [2.45, 2.75) is 13.0 Å². The lowest BCUT2D eigenvalue weighted by molar-refractivity contribution is 0.0600. The number of carbonyl (C=O) groups is 1. The van der Waals surface area contributed by atoms with E-state index in [-0.39, 0.29) is 11.5 Å². The molecule has 0 aliphatic carbocycles. The molecule has 0 bridgehead atoms. The number of hydrogen-bond acceptors (Lipinski definition) is 3. The van der Waals surface area contributed by atoms with Crippen molar-refractivity contribution in [2.75, 3.05) is 12.4 Å². The van der Waals surface area contributed by atoms with Crippen LogP contribution in [0.15, 0.2) is 48.5 Å². The molecule has 0 saturated carbocycles. The minimum Gasteiger partial charge on any atom is -0.465 e. The third-order valence-electron chi connectivity index (χ3n) is 3.03. The maximum absolute atomic E-state index is 12.4. The average Bonchev–Trinajstić information content (AvgIpc) is 2.53. The molecular formula is C16H15F2NO2. The van der Waals surface area contributed by atoms with Crippen molar-refractivity contribution < 1.29 is 18.3 Å². The van der Waals surface area contributed by atoms with Gasteiger partial charge in [0.2, 0.25) is 0 Å². The highest BCUT2D eigenvalue weighted by Gasteiger charge is 2.06. The van der Waals surface area contributed by atoms with E-state index in [0.29, 0.717) is 12.1 Å². The first-order chi connectivity index (χ1) is 10.1. The summed E-state index contributed by atoms with van der Waals surface area (Å²) >= 11 is 0. The molecule has 1 N–H and O–H groups in total. The Kier molecular flexibility index (Phi) is 4.87. The van der Waals surface area contributed by atoms with Crippen LogP contribution in [0.2, 0.25) is 0 Å². The van der Waals surface area contributed by atoms with Crippen molar-refractivity contribution in [3.63, 3.8) is 0 Å². The van der Waals surface area contributed by atoms with E-state index in [1.54, 1.807) is 36.4 Å². The molecule has 0 atom stereocenters. The van der Waals surface area contributed by atoms with Crippen LogP contribution in [-0.2, 0) is 11.3 Å². The first-order valence-electron chi connectivity index (χ1n) is 6.39. The van der Waals surface area contributed by atoms with Crippen molar-refractivity contribution in [3.8, 4) is 0 Å². The number of alkyl halides is 2. The molecule has 0 unspecified atom stereocenters. The van der Waals surface area contributed by atoms with Gasteiger partial charge in [-0.2, -0.15) is 0 Å². The Morgan fingerprint density at radius 3 is 2.24 bits per heavy atom. The summed E-state index contributed by atoms with van der Waals surface area (Å²) in [5.74, 6) is -0.385. The highest BCUT2D eigenvalue weighted by atomic mass is 19.3. The molecule has 0 aliphatic heterocycles. The van der Waals surface area contributed by atoms with Gasteiger partial charge < -0.3 is 10.1 Å². The van der Waals surface area contributed by atoms with Gasteiger partial charge in [0.25, 0.3) is 6.43 Å². The molecule has 2 aromatic carbocycles. The minimum atomic E-state index is -2.45. The second kappa shape index (κ2) is 6.83. The molecule has 2 aromatic rings. The lowest BCUT2D eigenvalue weighted by Gasteiger charge is -2.08. The van der Waals surface area contributed by atoms with Gasteiger partial charge in [-0.1, -0.05) is 24.3 Å². The number of anilines is 1. The van der Waals surface area contributed by atoms with E-state index < -0.39 is 6.43 Å². The maximum atomic E-state index is 12.4. The summed E-state index contributed by atoms with van der Waals surface area (Å²) in [4.78, 5) is 11.3. The smallest absolute Gasteiger partial charge is 0.337 e. The van der Waals surface area contributed by atoms with Gasteiger partial charge in [0, 0.05) is 17.8 Å². The van der Waals surface area contributed by atoms with Gasteiger partial charge in [-0.15, -0.1) is 0 Å². The van der Waals surface area contributed by atoms with Crippen LogP contribution in [0.5, 0.6) is 0 Å². The monoisotopic (exact) mass is 291 g/mol. The zero-order valence-corrected chi connectivity index (χ0v) is 11.5. The van der Waals surface area contributed by atoms with E-state index in [1.807, 2.05) is 0 Å². The van der Waals surface area contributed by atoms with Gasteiger partial charge >= 0.3 is 5.97 Å². The number of benzene rings is 2. The number of nitrogens with one attached hydrogen (secondary N) is 1. The fourth-order valence-corrected chi connectivity index (χ4v) is 1.83. The first-order valence-corrected chi connectivity index (χ1v) is 6.39. The van der Waals surface area contributed by atoms with Crippen LogP contribution in [0.3, 0.4) is 0 Å². The number of esters is 1. The zero-order valence-electron chi connectivity index (χ0n) is 11.5. The highest BCUT2D eigenvalue weighted by molar-refractivity contribution is 5.89. The number of ether oxygens (including phenoxy) is 1. The SMILES string of the molecule is COC(=O)c1ccc(NCc2ccc(C(F)F)cc2)cc1. The summed E-state index contributed by atoms with van der Waals surface area (Å²) in [6.45, 7) is 0.515. The summed E-state index contributed by atoms with van der Waals surface area (Å²) in [5, 5.41) is 3.15. The molecule has 0 radical (unpaired) electrons. The van der Waals surface area contributed by atoms with E-state index in [9.17, 15) is 13.6 Å². The molecule has 0 aliphatic rings. The van der Waals surface area contributed by atoms with Crippen LogP contribution in [0.4, 0.5) is 14.5 Å². The molecule has 110 valence electrons. The van der Waals surface area contributed by atoms with Crippen LogP contribution in [0.1, 0.15) is 27.9 Å². The van der Waals surface area contributed by atoms with Crippen LogP contribution in [0, 0.1) is 0 Å². The van der Waals surface area contributed by atoms with Crippen molar-refractivity contribution in [3.05, 3.63) is 65.2 Å².